The van der Waals surface area contributed by atoms with Crippen molar-refractivity contribution in [3.8, 4) is 17.2 Å². The first-order valence-corrected chi connectivity index (χ1v) is 6.45. The molecule has 1 rings (SSSR count). The summed E-state index contributed by atoms with van der Waals surface area (Å²) in [5.74, 6) is 1.97. The number of rotatable bonds is 10. The van der Waals surface area contributed by atoms with Crippen LogP contribution in [0.5, 0.6) is 17.2 Å². The lowest BCUT2D eigenvalue weighted by Crippen LogP contribution is -2.08. The highest BCUT2D eigenvalue weighted by molar-refractivity contribution is 5.51. The van der Waals surface area contributed by atoms with Gasteiger partial charge in [0.05, 0.1) is 20.8 Å². The van der Waals surface area contributed by atoms with Crippen LogP contribution in [0.2, 0.25) is 0 Å². The van der Waals surface area contributed by atoms with Crippen LogP contribution in [-0.4, -0.2) is 40.6 Å². The molecule has 0 aromatic heterocycles. The standard InChI is InChI=1S/C14H23NO4/c1-16-12-6-3-7-13(17-2)14(12)19-11-5-10-18-9-4-8-15/h3,6-7H,4-5,8-11,15H2,1-2H3. The summed E-state index contributed by atoms with van der Waals surface area (Å²) in [7, 11) is 3.22. The van der Waals surface area contributed by atoms with Gasteiger partial charge >= 0.3 is 0 Å². The molecular weight excluding hydrogens is 246 g/mol. The highest BCUT2D eigenvalue weighted by atomic mass is 16.5. The monoisotopic (exact) mass is 269 g/mol. The Hall–Kier alpha value is -1.46. The zero-order valence-corrected chi connectivity index (χ0v) is 11.7. The van der Waals surface area contributed by atoms with Gasteiger partial charge in [-0.3, -0.25) is 0 Å². The van der Waals surface area contributed by atoms with Crippen LogP contribution in [0.25, 0.3) is 0 Å². The molecule has 0 unspecified atom stereocenters. The predicted octanol–water partition coefficient (Wildman–Crippen LogP) is 1.84. The average Bonchev–Trinajstić information content (AvgIpc) is 2.46. The second-order valence-electron chi connectivity index (χ2n) is 3.95. The molecule has 0 aliphatic carbocycles. The molecule has 2 N–H and O–H groups in total. The molecule has 0 fully saturated rings. The molecule has 5 heteroatoms. The third-order valence-corrected chi connectivity index (χ3v) is 2.55. The van der Waals surface area contributed by atoms with Gasteiger partial charge in [-0.1, -0.05) is 6.07 Å². The smallest absolute Gasteiger partial charge is 0.203 e. The number of nitrogens with two attached hydrogens (primary N) is 1. The van der Waals surface area contributed by atoms with Crippen LogP contribution in [0.4, 0.5) is 0 Å². The third-order valence-electron chi connectivity index (χ3n) is 2.55. The quantitative estimate of drug-likeness (QED) is 0.657. The van der Waals surface area contributed by atoms with Crippen molar-refractivity contribution >= 4 is 0 Å². The molecule has 0 saturated carbocycles. The van der Waals surface area contributed by atoms with Crippen molar-refractivity contribution in [3.05, 3.63) is 18.2 Å². The van der Waals surface area contributed by atoms with Gasteiger partial charge in [0.1, 0.15) is 0 Å². The van der Waals surface area contributed by atoms with E-state index in [0.29, 0.717) is 43.6 Å². The van der Waals surface area contributed by atoms with E-state index < -0.39 is 0 Å². The van der Waals surface area contributed by atoms with E-state index in [4.69, 9.17) is 24.7 Å². The molecule has 0 spiro atoms. The first-order valence-electron chi connectivity index (χ1n) is 6.45. The lowest BCUT2D eigenvalue weighted by atomic mass is 10.3. The summed E-state index contributed by atoms with van der Waals surface area (Å²) in [5.41, 5.74) is 5.38. The molecule has 0 atom stereocenters. The van der Waals surface area contributed by atoms with E-state index in [1.807, 2.05) is 18.2 Å². The minimum Gasteiger partial charge on any atom is -0.493 e. The van der Waals surface area contributed by atoms with Gasteiger partial charge in [0.2, 0.25) is 5.75 Å². The van der Waals surface area contributed by atoms with Gasteiger partial charge in [0, 0.05) is 19.6 Å². The molecule has 0 aliphatic heterocycles. The molecule has 1 aromatic carbocycles. The second kappa shape index (κ2) is 9.47. The summed E-state index contributed by atoms with van der Waals surface area (Å²) in [4.78, 5) is 0. The zero-order chi connectivity index (χ0) is 13.9. The van der Waals surface area contributed by atoms with Gasteiger partial charge in [-0.2, -0.15) is 0 Å². The van der Waals surface area contributed by atoms with Crippen LogP contribution in [0.1, 0.15) is 12.8 Å². The molecule has 5 nitrogen and oxygen atoms in total. The molecule has 108 valence electrons. The fraction of sp³-hybridized carbons (Fsp3) is 0.571. The molecule has 19 heavy (non-hydrogen) atoms. The Bertz CT molecular complexity index is 335. The van der Waals surface area contributed by atoms with E-state index in [1.165, 1.54) is 0 Å². The zero-order valence-electron chi connectivity index (χ0n) is 11.7. The van der Waals surface area contributed by atoms with Crippen molar-refractivity contribution in [1.29, 1.82) is 0 Å². The SMILES string of the molecule is COc1cccc(OC)c1OCCCOCCCN. The van der Waals surface area contributed by atoms with Crippen molar-refractivity contribution in [3.63, 3.8) is 0 Å². The Morgan fingerprint density at radius 1 is 0.947 bits per heavy atom. The van der Waals surface area contributed by atoms with Gasteiger partial charge in [0.15, 0.2) is 11.5 Å². The normalized spacial score (nSPS) is 10.3. The minimum atomic E-state index is 0.555. The Labute approximate surface area is 114 Å². The van der Waals surface area contributed by atoms with Crippen molar-refractivity contribution in [2.45, 2.75) is 12.8 Å². The van der Waals surface area contributed by atoms with Gasteiger partial charge in [-0.25, -0.2) is 0 Å². The maximum atomic E-state index is 5.70. The maximum Gasteiger partial charge on any atom is 0.203 e. The van der Waals surface area contributed by atoms with Gasteiger partial charge < -0.3 is 24.7 Å². The van der Waals surface area contributed by atoms with Crippen LogP contribution in [0, 0.1) is 0 Å². The van der Waals surface area contributed by atoms with Gasteiger partial charge in [-0.05, 0) is 25.1 Å². The minimum absolute atomic E-state index is 0.555. The van der Waals surface area contributed by atoms with E-state index in [-0.39, 0.29) is 0 Å². The Balaban J connectivity index is 2.35. The van der Waals surface area contributed by atoms with Gasteiger partial charge in [-0.15, -0.1) is 0 Å². The summed E-state index contributed by atoms with van der Waals surface area (Å²) >= 11 is 0. The fourth-order valence-electron chi connectivity index (χ4n) is 1.58. The number of hydrogen-bond donors (Lipinski definition) is 1. The number of para-hydroxylation sites is 1. The summed E-state index contributed by atoms with van der Waals surface area (Å²) in [5, 5.41) is 0. The summed E-state index contributed by atoms with van der Waals surface area (Å²) in [6, 6.07) is 5.55. The third kappa shape index (κ3) is 5.36. The molecule has 0 radical (unpaired) electrons. The molecular formula is C14H23NO4. The topological polar surface area (TPSA) is 62.9 Å². The predicted molar refractivity (Wildman–Crippen MR) is 74.1 cm³/mol. The van der Waals surface area contributed by atoms with Crippen molar-refractivity contribution in [2.75, 3.05) is 40.6 Å². The van der Waals surface area contributed by atoms with Crippen molar-refractivity contribution in [2.24, 2.45) is 5.73 Å². The van der Waals surface area contributed by atoms with E-state index in [1.54, 1.807) is 14.2 Å². The molecule has 0 bridgehead atoms. The van der Waals surface area contributed by atoms with Crippen LogP contribution in [-0.2, 0) is 4.74 Å². The van der Waals surface area contributed by atoms with E-state index in [0.717, 1.165) is 12.8 Å². The number of hydrogen-bond acceptors (Lipinski definition) is 5. The average molecular weight is 269 g/mol. The molecule has 0 saturated heterocycles. The summed E-state index contributed by atoms with van der Waals surface area (Å²) in [6.07, 6.45) is 1.70. The largest absolute Gasteiger partial charge is 0.493 e. The number of methoxy groups -OCH3 is 2. The molecule has 0 heterocycles. The summed E-state index contributed by atoms with van der Waals surface area (Å²) < 4.78 is 21.6. The van der Waals surface area contributed by atoms with E-state index in [9.17, 15) is 0 Å². The summed E-state index contributed by atoms with van der Waals surface area (Å²) in [6.45, 7) is 2.58. The van der Waals surface area contributed by atoms with Crippen molar-refractivity contribution < 1.29 is 18.9 Å². The van der Waals surface area contributed by atoms with Crippen LogP contribution in [0.3, 0.4) is 0 Å². The first kappa shape index (κ1) is 15.6. The lowest BCUT2D eigenvalue weighted by Gasteiger charge is -2.14. The lowest BCUT2D eigenvalue weighted by molar-refractivity contribution is 0.117. The maximum absolute atomic E-state index is 5.70. The van der Waals surface area contributed by atoms with Crippen molar-refractivity contribution in [1.82, 2.24) is 0 Å². The van der Waals surface area contributed by atoms with E-state index >= 15 is 0 Å². The first-order chi connectivity index (χ1) is 9.33. The van der Waals surface area contributed by atoms with Crippen LogP contribution >= 0.6 is 0 Å². The highest BCUT2D eigenvalue weighted by Crippen LogP contribution is 2.36. The molecule has 0 aliphatic rings. The van der Waals surface area contributed by atoms with E-state index in [2.05, 4.69) is 0 Å². The second-order valence-corrected chi connectivity index (χ2v) is 3.95. The van der Waals surface area contributed by atoms with Gasteiger partial charge in [0.25, 0.3) is 0 Å². The number of benzene rings is 1. The highest BCUT2D eigenvalue weighted by Gasteiger charge is 2.10. The Morgan fingerprint density at radius 2 is 1.58 bits per heavy atom. The van der Waals surface area contributed by atoms with Crippen LogP contribution < -0.4 is 19.9 Å². The van der Waals surface area contributed by atoms with Crippen LogP contribution in [0.15, 0.2) is 18.2 Å². The Morgan fingerprint density at radius 3 is 2.16 bits per heavy atom. The Kier molecular flexibility index (Phi) is 7.77. The molecule has 1 aromatic rings. The molecule has 0 amide bonds. The number of ether oxygens (including phenoxy) is 4. The fourth-order valence-corrected chi connectivity index (χ4v) is 1.58.